The molecule has 0 aromatic heterocycles. The molecule has 0 heterocycles. The van der Waals surface area contributed by atoms with E-state index in [0.717, 1.165) is 18.4 Å². The maximum absolute atomic E-state index is 11.8. The second-order valence-electron chi connectivity index (χ2n) is 6.32. The van der Waals surface area contributed by atoms with E-state index in [2.05, 4.69) is 17.5 Å². The van der Waals surface area contributed by atoms with Gasteiger partial charge in [0, 0.05) is 17.8 Å². The van der Waals surface area contributed by atoms with Gasteiger partial charge >= 0.3 is 0 Å². The van der Waals surface area contributed by atoms with Gasteiger partial charge in [0.2, 0.25) is 0 Å². The van der Waals surface area contributed by atoms with E-state index in [-0.39, 0.29) is 5.78 Å². The standard InChI is InChI=1S/C20H20N2O2/c1-14(23)17-9-8-15(12-21)11-19(17)22-13-20(24)10-4-6-16-5-2-3-7-18(16)20/h2-3,5,7-9,11,22,24H,4,6,10,13H2,1H3. The van der Waals surface area contributed by atoms with Crippen LogP contribution in [0.1, 0.15) is 46.8 Å². The van der Waals surface area contributed by atoms with Gasteiger partial charge in [-0.2, -0.15) is 5.26 Å². The average molecular weight is 320 g/mol. The first-order valence-corrected chi connectivity index (χ1v) is 8.13. The summed E-state index contributed by atoms with van der Waals surface area (Å²) in [5.41, 5.74) is 2.76. The maximum atomic E-state index is 11.8. The van der Waals surface area contributed by atoms with E-state index in [9.17, 15) is 9.90 Å². The molecule has 0 aliphatic heterocycles. The van der Waals surface area contributed by atoms with Crippen molar-refractivity contribution in [2.45, 2.75) is 31.8 Å². The molecule has 1 aliphatic carbocycles. The van der Waals surface area contributed by atoms with Crippen LogP contribution in [0.2, 0.25) is 0 Å². The van der Waals surface area contributed by atoms with Gasteiger partial charge < -0.3 is 10.4 Å². The molecule has 0 radical (unpaired) electrons. The number of nitriles is 1. The van der Waals surface area contributed by atoms with Gasteiger partial charge in [-0.3, -0.25) is 4.79 Å². The molecule has 0 spiro atoms. The van der Waals surface area contributed by atoms with E-state index >= 15 is 0 Å². The van der Waals surface area contributed by atoms with E-state index in [1.165, 1.54) is 12.5 Å². The molecule has 3 rings (SSSR count). The van der Waals surface area contributed by atoms with Crippen molar-refractivity contribution in [3.05, 3.63) is 64.7 Å². The average Bonchev–Trinajstić information content (AvgIpc) is 2.60. The lowest BCUT2D eigenvalue weighted by Gasteiger charge is -2.35. The van der Waals surface area contributed by atoms with Crippen molar-refractivity contribution in [3.8, 4) is 6.07 Å². The van der Waals surface area contributed by atoms with Crippen LogP contribution in [-0.4, -0.2) is 17.4 Å². The van der Waals surface area contributed by atoms with Crippen LogP contribution < -0.4 is 5.32 Å². The predicted molar refractivity (Wildman–Crippen MR) is 92.9 cm³/mol. The molecule has 2 N–H and O–H groups in total. The fourth-order valence-electron chi connectivity index (χ4n) is 3.39. The van der Waals surface area contributed by atoms with Gasteiger partial charge in [-0.15, -0.1) is 0 Å². The Kier molecular flexibility index (Phi) is 4.37. The molecule has 1 unspecified atom stereocenters. The Bertz CT molecular complexity index is 823. The zero-order valence-corrected chi connectivity index (χ0v) is 13.7. The molecule has 122 valence electrons. The number of fused-ring (bicyclic) bond motifs is 1. The van der Waals surface area contributed by atoms with Crippen molar-refractivity contribution in [1.29, 1.82) is 5.26 Å². The zero-order valence-electron chi connectivity index (χ0n) is 13.7. The smallest absolute Gasteiger partial charge is 0.161 e. The molecule has 2 aromatic rings. The largest absolute Gasteiger partial charge is 0.383 e. The van der Waals surface area contributed by atoms with Crippen LogP contribution in [0.25, 0.3) is 0 Å². The highest BCUT2D eigenvalue weighted by atomic mass is 16.3. The fourth-order valence-corrected chi connectivity index (χ4v) is 3.39. The lowest BCUT2D eigenvalue weighted by molar-refractivity contribution is 0.0323. The molecule has 0 bridgehead atoms. The Morgan fingerprint density at radius 2 is 2.12 bits per heavy atom. The number of Topliss-reactive ketones (excluding diaryl/α,β-unsaturated/α-hetero) is 1. The molecule has 4 nitrogen and oxygen atoms in total. The minimum atomic E-state index is -0.967. The summed E-state index contributed by atoms with van der Waals surface area (Å²) in [7, 11) is 0. The van der Waals surface area contributed by atoms with Crippen LogP contribution in [0.15, 0.2) is 42.5 Å². The number of nitrogens with one attached hydrogen (secondary N) is 1. The third-order valence-corrected chi connectivity index (χ3v) is 4.65. The molecular weight excluding hydrogens is 300 g/mol. The third-order valence-electron chi connectivity index (χ3n) is 4.65. The van der Waals surface area contributed by atoms with Crippen molar-refractivity contribution in [2.75, 3.05) is 11.9 Å². The number of ketones is 1. The molecule has 1 atom stereocenters. The van der Waals surface area contributed by atoms with Crippen LogP contribution in [-0.2, 0) is 12.0 Å². The summed E-state index contributed by atoms with van der Waals surface area (Å²) in [6.45, 7) is 1.80. The van der Waals surface area contributed by atoms with Gasteiger partial charge in [-0.05, 0) is 55.5 Å². The summed E-state index contributed by atoms with van der Waals surface area (Å²) in [6.07, 6.45) is 2.57. The van der Waals surface area contributed by atoms with E-state index in [1.54, 1.807) is 18.2 Å². The molecule has 0 amide bonds. The minimum absolute atomic E-state index is 0.0713. The van der Waals surface area contributed by atoms with E-state index in [1.807, 2.05) is 18.2 Å². The van der Waals surface area contributed by atoms with Crippen LogP contribution in [0.5, 0.6) is 0 Å². The number of rotatable bonds is 4. The van der Waals surface area contributed by atoms with Gasteiger partial charge in [0.05, 0.1) is 11.6 Å². The third kappa shape index (κ3) is 3.04. The van der Waals surface area contributed by atoms with E-state index < -0.39 is 5.60 Å². The Balaban J connectivity index is 1.89. The number of anilines is 1. The number of nitrogens with zero attached hydrogens (tertiary/aromatic N) is 1. The highest BCUT2D eigenvalue weighted by Gasteiger charge is 2.34. The molecule has 0 saturated carbocycles. The van der Waals surface area contributed by atoms with Gasteiger partial charge in [0.1, 0.15) is 5.60 Å². The topological polar surface area (TPSA) is 73.1 Å². The maximum Gasteiger partial charge on any atom is 0.161 e. The highest BCUT2D eigenvalue weighted by molar-refractivity contribution is 5.99. The molecule has 0 fully saturated rings. The van der Waals surface area contributed by atoms with Gasteiger partial charge in [0.25, 0.3) is 0 Å². The number of aryl methyl sites for hydroxylation is 1. The lowest BCUT2D eigenvalue weighted by atomic mass is 9.79. The van der Waals surface area contributed by atoms with Gasteiger partial charge in [-0.25, -0.2) is 0 Å². The summed E-state index contributed by atoms with van der Waals surface area (Å²) in [5, 5.41) is 23.4. The van der Waals surface area contributed by atoms with Crippen molar-refractivity contribution < 1.29 is 9.90 Å². The second-order valence-corrected chi connectivity index (χ2v) is 6.32. The second kappa shape index (κ2) is 6.46. The Morgan fingerprint density at radius 3 is 2.88 bits per heavy atom. The van der Waals surface area contributed by atoms with Crippen molar-refractivity contribution >= 4 is 11.5 Å². The summed E-state index contributed by atoms with van der Waals surface area (Å²) >= 11 is 0. The predicted octanol–water partition coefficient (Wildman–Crippen LogP) is 3.40. The summed E-state index contributed by atoms with van der Waals surface area (Å²) in [4.78, 5) is 11.8. The minimum Gasteiger partial charge on any atom is -0.383 e. The first-order valence-electron chi connectivity index (χ1n) is 8.13. The summed E-state index contributed by atoms with van der Waals surface area (Å²) in [5.74, 6) is -0.0713. The zero-order chi connectivity index (χ0) is 17.2. The lowest BCUT2D eigenvalue weighted by Crippen LogP contribution is -2.37. The molecular formula is C20H20N2O2. The SMILES string of the molecule is CC(=O)c1ccc(C#N)cc1NCC1(O)CCCc2ccccc21. The van der Waals surface area contributed by atoms with E-state index in [0.29, 0.717) is 29.8 Å². The number of carbonyl (C=O) groups is 1. The first kappa shape index (κ1) is 16.2. The quantitative estimate of drug-likeness (QED) is 0.847. The Morgan fingerprint density at radius 1 is 1.33 bits per heavy atom. The number of hydrogen-bond acceptors (Lipinski definition) is 4. The summed E-state index contributed by atoms with van der Waals surface area (Å²) in [6, 6.07) is 15.0. The number of benzene rings is 2. The number of carbonyl (C=O) groups excluding carboxylic acids is 1. The van der Waals surface area contributed by atoms with Crippen LogP contribution >= 0.6 is 0 Å². The Labute approximate surface area is 141 Å². The molecule has 2 aromatic carbocycles. The molecule has 1 aliphatic rings. The summed E-state index contributed by atoms with van der Waals surface area (Å²) < 4.78 is 0. The molecule has 0 saturated heterocycles. The highest BCUT2D eigenvalue weighted by Crippen LogP contribution is 2.35. The van der Waals surface area contributed by atoms with Gasteiger partial charge in [0.15, 0.2) is 5.78 Å². The van der Waals surface area contributed by atoms with Crippen LogP contribution in [0.3, 0.4) is 0 Å². The van der Waals surface area contributed by atoms with Crippen LogP contribution in [0, 0.1) is 11.3 Å². The van der Waals surface area contributed by atoms with Crippen molar-refractivity contribution in [2.24, 2.45) is 0 Å². The molecule has 24 heavy (non-hydrogen) atoms. The number of aliphatic hydroxyl groups is 1. The normalized spacial score (nSPS) is 19.2. The van der Waals surface area contributed by atoms with Gasteiger partial charge in [-0.1, -0.05) is 24.3 Å². The van der Waals surface area contributed by atoms with E-state index in [4.69, 9.17) is 5.26 Å². The number of hydrogen-bond donors (Lipinski definition) is 2. The monoisotopic (exact) mass is 320 g/mol. The fraction of sp³-hybridized carbons (Fsp3) is 0.300. The Hall–Kier alpha value is -2.64. The van der Waals surface area contributed by atoms with Crippen molar-refractivity contribution in [3.63, 3.8) is 0 Å². The first-order chi connectivity index (χ1) is 11.5. The molecule has 4 heteroatoms. The van der Waals surface area contributed by atoms with Crippen molar-refractivity contribution in [1.82, 2.24) is 0 Å². The van der Waals surface area contributed by atoms with Crippen LogP contribution in [0.4, 0.5) is 5.69 Å².